The lowest BCUT2D eigenvalue weighted by Crippen LogP contribution is -2.49. The topological polar surface area (TPSA) is 77.1 Å². The summed E-state index contributed by atoms with van der Waals surface area (Å²) in [5.41, 5.74) is 9.35. The van der Waals surface area contributed by atoms with Crippen molar-refractivity contribution in [1.29, 1.82) is 0 Å². The first-order chi connectivity index (χ1) is 10.4. The summed E-state index contributed by atoms with van der Waals surface area (Å²) < 4.78 is 13.4. The molecule has 1 aliphatic rings. The van der Waals surface area contributed by atoms with Crippen LogP contribution in [-0.4, -0.2) is 71.3 Å². The average molecular weight is 335 g/mol. The van der Waals surface area contributed by atoms with Gasteiger partial charge < -0.3 is 10.8 Å². The minimum Gasteiger partial charge on any atom is -0.379 e. The van der Waals surface area contributed by atoms with Gasteiger partial charge in [0, 0.05) is 31.2 Å². The third-order valence-corrected chi connectivity index (χ3v) is 4.43. The Morgan fingerprint density at radius 2 is 2.18 bits per heavy atom. The molecule has 22 heavy (non-hydrogen) atoms. The quantitative estimate of drug-likeness (QED) is 0.265. The van der Waals surface area contributed by atoms with E-state index in [2.05, 4.69) is 30.0 Å². The lowest BCUT2D eigenvalue weighted by Gasteiger charge is -2.30. The number of aliphatic imine (C=N–C) groups is 1. The van der Waals surface area contributed by atoms with E-state index in [4.69, 9.17) is 5.73 Å². The van der Waals surface area contributed by atoms with Crippen molar-refractivity contribution in [3.63, 3.8) is 0 Å². The molecule has 0 amide bonds. The number of halogens is 1. The van der Waals surface area contributed by atoms with E-state index >= 15 is 0 Å². The molecule has 0 aromatic carbocycles. The van der Waals surface area contributed by atoms with Gasteiger partial charge >= 0.3 is 0 Å². The molecule has 0 bridgehead atoms. The fraction of sp³-hybridized carbons (Fsp3) is 0.929. The molecule has 0 saturated carbocycles. The Morgan fingerprint density at radius 3 is 2.64 bits per heavy atom. The molecular formula is C14H30FN5OS. The Balaban J connectivity index is 2.56. The van der Waals surface area contributed by atoms with Crippen LogP contribution in [0.5, 0.6) is 0 Å². The summed E-state index contributed by atoms with van der Waals surface area (Å²) in [5, 5.41) is 11.6. The van der Waals surface area contributed by atoms with Gasteiger partial charge in [0.1, 0.15) is 12.4 Å². The summed E-state index contributed by atoms with van der Waals surface area (Å²) in [6, 6.07) is 0.0725. The van der Waals surface area contributed by atoms with Gasteiger partial charge in [-0.05, 0) is 26.2 Å². The summed E-state index contributed by atoms with van der Waals surface area (Å²) >= 11 is 4.21. The van der Waals surface area contributed by atoms with Crippen molar-refractivity contribution < 1.29 is 9.50 Å². The lowest BCUT2D eigenvalue weighted by molar-refractivity contribution is 0.0218. The van der Waals surface area contributed by atoms with E-state index in [9.17, 15) is 9.50 Å². The molecule has 4 N–H and O–H groups in total. The molecule has 6 nitrogen and oxygen atoms in total. The maximum absolute atomic E-state index is 13.4. The van der Waals surface area contributed by atoms with Crippen LogP contribution in [0.4, 0.5) is 4.39 Å². The first-order valence-electron chi connectivity index (χ1n) is 7.81. The van der Waals surface area contributed by atoms with E-state index in [1.807, 2.05) is 9.91 Å². The van der Waals surface area contributed by atoms with Crippen molar-refractivity contribution in [2.24, 2.45) is 16.6 Å². The summed E-state index contributed by atoms with van der Waals surface area (Å²) in [5.74, 6) is 0.809. The molecule has 0 aromatic heterocycles. The highest BCUT2D eigenvalue weighted by Crippen LogP contribution is 2.23. The molecule has 0 saturated heterocycles. The van der Waals surface area contributed by atoms with Gasteiger partial charge in [-0.25, -0.2) is 14.8 Å². The number of hydrogen-bond acceptors (Lipinski definition) is 7. The number of nitrogens with two attached hydrogens (primary N) is 1. The minimum absolute atomic E-state index is 0.0725. The fourth-order valence-corrected chi connectivity index (χ4v) is 2.94. The Bertz CT molecular complexity index is 356. The normalized spacial score (nSPS) is 24.9. The van der Waals surface area contributed by atoms with Gasteiger partial charge in [0.25, 0.3) is 0 Å². The zero-order valence-electron chi connectivity index (χ0n) is 13.7. The summed E-state index contributed by atoms with van der Waals surface area (Å²) in [4.78, 5) is 6.35. The number of aliphatic hydroxyl groups excluding tert-OH is 1. The molecule has 0 aliphatic carbocycles. The third kappa shape index (κ3) is 6.10. The fourth-order valence-electron chi connectivity index (χ4n) is 2.56. The van der Waals surface area contributed by atoms with Gasteiger partial charge in [-0.15, -0.1) is 0 Å². The van der Waals surface area contributed by atoms with Crippen molar-refractivity contribution in [1.82, 2.24) is 15.3 Å². The first-order valence-corrected chi connectivity index (χ1v) is 8.44. The molecule has 0 aromatic rings. The zero-order valence-corrected chi connectivity index (χ0v) is 14.6. The van der Waals surface area contributed by atoms with Crippen molar-refractivity contribution in [3.05, 3.63) is 0 Å². The van der Waals surface area contributed by atoms with E-state index in [1.165, 1.54) is 6.92 Å². The molecule has 0 radical (unpaired) electrons. The van der Waals surface area contributed by atoms with Gasteiger partial charge in [-0.3, -0.25) is 9.89 Å². The van der Waals surface area contributed by atoms with Crippen LogP contribution in [0, 0.1) is 5.92 Å². The zero-order chi connectivity index (χ0) is 16.7. The van der Waals surface area contributed by atoms with Gasteiger partial charge in [-0.2, -0.15) is 12.6 Å². The van der Waals surface area contributed by atoms with Gasteiger partial charge in [-0.1, -0.05) is 6.92 Å². The highest BCUT2D eigenvalue weighted by Gasteiger charge is 2.29. The molecule has 130 valence electrons. The summed E-state index contributed by atoms with van der Waals surface area (Å²) in [6.45, 7) is 7.70. The van der Waals surface area contributed by atoms with E-state index in [1.54, 1.807) is 6.92 Å². The van der Waals surface area contributed by atoms with Crippen LogP contribution in [0.15, 0.2) is 4.99 Å². The van der Waals surface area contributed by atoms with E-state index in [0.29, 0.717) is 43.8 Å². The van der Waals surface area contributed by atoms with Crippen LogP contribution in [0.25, 0.3) is 0 Å². The SMILES string of the molecule is CC(F)C1=NC(CN(CCN(CS)C(C)O)NCN)C(C)C1. The lowest BCUT2D eigenvalue weighted by atomic mass is 9.99. The molecular weight excluding hydrogens is 305 g/mol. The molecule has 4 unspecified atom stereocenters. The maximum Gasteiger partial charge on any atom is 0.135 e. The second-order valence-electron chi connectivity index (χ2n) is 5.88. The molecule has 0 spiro atoms. The van der Waals surface area contributed by atoms with Gasteiger partial charge in [0.05, 0.1) is 12.7 Å². The number of alkyl halides is 1. The predicted octanol–water partition coefficient (Wildman–Crippen LogP) is 0.444. The Kier molecular flexibility index (Phi) is 8.81. The van der Waals surface area contributed by atoms with E-state index in [0.717, 1.165) is 6.42 Å². The second kappa shape index (κ2) is 9.79. The average Bonchev–Trinajstić information content (AvgIpc) is 2.81. The third-order valence-electron chi connectivity index (χ3n) is 4.07. The number of hydrazine groups is 1. The van der Waals surface area contributed by atoms with Gasteiger partial charge in [0.15, 0.2) is 0 Å². The molecule has 8 heteroatoms. The number of nitrogens with zero attached hydrogens (tertiary/aromatic N) is 3. The summed E-state index contributed by atoms with van der Waals surface area (Å²) in [7, 11) is 0. The van der Waals surface area contributed by atoms with Gasteiger partial charge in [0.2, 0.25) is 0 Å². The molecule has 1 heterocycles. The van der Waals surface area contributed by atoms with E-state index < -0.39 is 12.4 Å². The van der Waals surface area contributed by atoms with Crippen LogP contribution in [0.3, 0.4) is 0 Å². The Hall–Kier alpha value is -0.250. The number of aliphatic hydroxyl groups is 1. The molecule has 0 fully saturated rings. The Morgan fingerprint density at radius 1 is 1.50 bits per heavy atom. The first kappa shape index (κ1) is 19.8. The number of thiol groups is 1. The second-order valence-corrected chi connectivity index (χ2v) is 6.16. The van der Waals surface area contributed by atoms with Crippen LogP contribution in [0.1, 0.15) is 27.2 Å². The van der Waals surface area contributed by atoms with Crippen LogP contribution in [0.2, 0.25) is 0 Å². The minimum atomic E-state index is -0.974. The van der Waals surface area contributed by atoms with Crippen molar-refractivity contribution in [2.45, 2.75) is 45.6 Å². The highest BCUT2D eigenvalue weighted by molar-refractivity contribution is 7.80. The number of hydrogen-bond donors (Lipinski definition) is 4. The highest BCUT2D eigenvalue weighted by atomic mass is 32.1. The van der Waals surface area contributed by atoms with Crippen LogP contribution in [-0.2, 0) is 0 Å². The summed E-state index contributed by atoms with van der Waals surface area (Å²) in [6.07, 6.45) is -0.798. The Labute approximate surface area is 138 Å². The maximum atomic E-state index is 13.4. The molecule has 4 atom stereocenters. The monoisotopic (exact) mass is 335 g/mol. The van der Waals surface area contributed by atoms with Crippen LogP contribution < -0.4 is 11.2 Å². The molecule has 1 aliphatic heterocycles. The van der Waals surface area contributed by atoms with Crippen LogP contribution >= 0.6 is 12.6 Å². The smallest absolute Gasteiger partial charge is 0.135 e. The van der Waals surface area contributed by atoms with Crippen molar-refractivity contribution in [2.75, 3.05) is 32.2 Å². The number of rotatable bonds is 10. The standard InChI is InChI=1S/C14H30FN5OS/c1-10-6-13(11(2)15)18-14(10)7-20(17-8-16)5-4-19(9-22)12(3)21/h10-12,14,17,21-22H,4-9,16H2,1-3H3. The van der Waals surface area contributed by atoms with E-state index in [-0.39, 0.29) is 6.04 Å². The largest absolute Gasteiger partial charge is 0.379 e. The molecule has 1 rings (SSSR count). The predicted molar refractivity (Wildman–Crippen MR) is 91.6 cm³/mol. The number of nitrogens with one attached hydrogen (secondary N) is 1. The van der Waals surface area contributed by atoms with Crippen molar-refractivity contribution >= 4 is 18.3 Å². The van der Waals surface area contributed by atoms with Crippen molar-refractivity contribution in [3.8, 4) is 0 Å².